The molecule has 29 heavy (non-hydrogen) atoms. The van der Waals surface area contributed by atoms with Crippen molar-refractivity contribution >= 4 is 21.6 Å². The Balaban J connectivity index is 1.57. The van der Waals surface area contributed by atoms with Gasteiger partial charge in [-0.05, 0) is 67.5 Å². The van der Waals surface area contributed by atoms with Crippen molar-refractivity contribution in [3.05, 3.63) is 59.7 Å². The second-order valence-electron chi connectivity index (χ2n) is 8.65. The minimum Gasteiger partial charge on any atom is -0.305 e. The summed E-state index contributed by atoms with van der Waals surface area (Å²) in [5, 5.41) is 0. The second kappa shape index (κ2) is 7.58. The third-order valence-electron chi connectivity index (χ3n) is 6.00. The first kappa shape index (κ1) is 20.1. The van der Waals surface area contributed by atoms with Crippen LogP contribution in [-0.2, 0) is 16.4 Å². The molecule has 0 aliphatic carbocycles. The Labute approximate surface area is 173 Å². The number of amides is 1. The predicted octanol–water partition coefficient (Wildman–Crippen LogP) is 3.94. The summed E-state index contributed by atoms with van der Waals surface area (Å²) in [5.41, 5.74) is 2.62. The highest BCUT2D eigenvalue weighted by molar-refractivity contribution is 7.89. The minimum atomic E-state index is -3.54. The Morgan fingerprint density at radius 3 is 2.21 bits per heavy atom. The number of para-hydroxylation sites is 1. The van der Waals surface area contributed by atoms with Crippen LogP contribution in [0.1, 0.15) is 43.1 Å². The molecular weight excluding hydrogens is 384 g/mol. The molecule has 6 heteroatoms. The molecule has 154 valence electrons. The minimum absolute atomic E-state index is 0.0830. The number of sulfonamides is 1. The molecule has 1 amide bonds. The van der Waals surface area contributed by atoms with Gasteiger partial charge in [-0.2, -0.15) is 4.31 Å². The van der Waals surface area contributed by atoms with Gasteiger partial charge in [0.2, 0.25) is 10.0 Å². The second-order valence-corrected chi connectivity index (χ2v) is 10.6. The summed E-state index contributed by atoms with van der Waals surface area (Å²) in [4.78, 5) is 15.2. The average molecular weight is 413 g/mol. The number of hydrogen-bond acceptors (Lipinski definition) is 3. The fraction of sp³-hybridized carbons (Fsp3) is 0.435. The SMILES string of the molecule is C[C@@H]1C[C@@H](C)CN(S(=O)(=O)c2ccc(C(=O)N3c4ccccc4C[C@H]3C)cc2)C1. The van der Waals surface area contributed by atoms with Crippen LogP contribution >= 0.6 is 0 Å². The molecule has 3 atom stereocenters. The first-order chi connectivity index (χ1) is 13.8. The van der Waals surface area contributed by atoms with Gasteiger partial charge in [-0.25, -0.2) is 8.42 Å². The van der Waals surface area contributed by atoms with Crippen LogP contribution in [0.15, 0.2) is 53.4 Å². The molecule has 0 radical (unpaired) electrons. The van der Waals surface area contributed by atoms with Gasteiger partial charge >= 0.3 is 0 Å². The topological polar surface area (TPSA) is 57.7 Å². The molecule has 5 nitrogen and oxygen atoms in total. The summed E-state index contributed by atoms with van der Waals surface area (Å²) >= 11 is 0. The molecular formula is C23H28N2O3S. The average Bonchev–Trinajstić information content (AvgIpc) is 3.02. The number of carbonyl (C=O) groups is 1. The molecule has 1 saturated heterocycles. The quantitative estimate of drug-likeness (QED) is 0.767. The maximum Gasteiger partial charge on any atom is 0.258 e. The maximum absolute atomic E-state index is 13.1. The highest BCUT2D eigenvalue weighted by atomic mass is 32.2. The van der Waals surface area contributed by atoms with E-state index < -0.39 is 10.0 Å². The van der Waals surface area contributed by atoms with E-state index in [1.807, 2.05) is 30.0 Å². The van der Waals surface area contributed by atoms with E-state index in [0.29, 0.717) is 30.5 Å². The molecule has 0 unspecified atom stereocenters. The monoisotopic (exact) mass is 412 g/mol. The number of fused-ring (bicyclic) bond motifs is 1. The lowest BCUT2D eigenvalue weighted by Crippen LogP contribution is -2.42. The van der Waals surface area contributed by atoms with E-state index in [0.717, 1.165) is 18.5 Å². The molecule has 1 fully saturated rings. The number of anilines is 1. The maximum atomic E-state index is 13.1. The van der Waals surface area contributed by atoms with Gasteiger partial charge in [0.05, 0.1) is 4.90 Å². The van der Waals surface area contributed by atoms with Gasteiger partial charge in [0.25, 0.3) is 5.91 Å². The number of benzene rings is 2. The van der Waals surface area contributed by atoms with E-state index in [4.69, 9.17) is 0 Å². The van der Waals surface area contributed by atoms with Gasteiger partial charge in [-0.1, -0.05) is 32.0 Å². The molecule has 4 rings (SSSR count). The standard InChI is InChI=1S/C23H28N2O3S/c1-16-12-17(2)15-24(14-16)29(27,28)21-10-8-19(9-11-21)23(26)25-18(3)13-20-6-4-5-7-22(20)25/h4-11,16-18H,12-15H2,1-3H3/t16-,17-,18-/m1/s1. The van der Waals surface area contributed by atoms with Crippen LogP contribution in [0.4, 0.5) is 5.69 Å². The number of hydrogen-bond donors (Lipinski definition) is 0. The van der Waals surface area contributed by atoms with Crippen molar-refractivity contribution in [2.24, 2.45) is 11.8 Å². The molecule has 0 aromatic heterocycles. The van der Waals surface area contributed by atoms with Crippen LogP contribution in [-0.4, -0.2) is 37.8 Å². The van der Waals surface area contributed by atoms with Crippen molar-refractivity contribution < 1.29 is 13.2 Å². The zero-order valence-electron chi connectivity index (χ0n) is 17.2. The Morgan fingerprint density at radius 1 is 0.931 bits per heavy atom. The third kappa shape index (κ3) is 3.71. The van der Waals surface area contributed by atoms with Crippen LogP contribution in [0.3, 0.4) is 0 Å². The molecule has 0 bridgehead atoms. The third-order valence-corrected chi connectivity index (χ3v) is 7.85. The van der Waals surface area contributed by atoms with Gasteiger partial charge in [0.15, 0.2) is 0 Å². The summed E-state index contributed by atoms with van der Waals surface area (Å²) < 4.78 is 27.7. The lowest BCUT2D eigenvalue weighted by Gasteiger charge is -2.34. The highest BCUT2D eigenvalue weighted by Crippen LogP contribution is 2.33. The van der Waals surface area contributed by atoms with E-state index in [2.05, 4.69) is 19.9 Å². The normalized spacial score (nSPS) is 25.1. The summed E-state index contributed by atoms with van der Waals surface area (Å²) in [7, 11) is -3.54. The van der Waals surface area contributed by atoms with Gasteiger partial charge in [0, 0.05) is 30.4 Å². The number of carbonyl (C=O) groups excluding carboxylic acids is 1. The molecule has 2 aliphatic rings. The summed E-state index contributed by atoms with van der Waals surface area (Å²) in [6.07, 6.45) is 1.88. The van der Waals surface area contributed by atoms with Gasteiger partial charge < -0.3 is 4.90 Å². The van der Waals surface area contributed by atoms with E-state index in [9.17, 15) is 13.2 Å². The lowest BCUT2D eigenvalue weighted by molar-refractivity contribution is 0.0981. The highest BCUT2D eigenvalue weighted by Gasteiger charge is 2.33. The van der Waals surface area contributed by atoms with E-state index in [-0.39, 0.29) is 16.8 Å². The Morgan fingerprint density at radius 2 is 1.55 bits per heavy atom. The van der Waals surface area contributed by atoms with Crippen molar-refractivity contribution in [2.75, 3.05) is 18.0 Å². The van der Waals surface area contributed by atoms with Crippen molar-refractivity contribution in [3.8, 4) is 0 Å². The van der Waals surface area contributed by atoms with E-state index in [1.54, 1.807) is 28.6 Å². The summed E-state index contributed by atoms with van der Waals surface area (Å²) in [6.45, 7) is 7.32. The largest absolute Gasteiger partial charge is 0.305 e. The Kier molecular flexibility index (Phi) is 5.25. The zero-order chi connectivity index (χ0) is 20.8. The number of nitrogens with zero attached hydrogens (tertiary/aromatic N) is 2. The van der Waals surface area contributed by atoms with Crippen LogP contribution in [0, 0.1) is 11.8 Å². The fourth-order valence-electron chi connectivity index (χ4n) is 4.73. The molecule has 0 saturated carbocycles. The van der Waals surface area contributed by atoms with Crippen LogP contribution < -0.4 is 4.90 Å². The first-order valence-corrected chi connectivity index (χ1v) is 11.7. The number of rotatable bonds is 3. The van der Waals surface area contributed by atoms with Gasteiger partial charge in [-0.3, -0.25) is 4.79 Å². The molecule has 2 aliphatic heterocycles. The van der Waals surface area contributed by atoms with Gasteiger partial charge in [0.1, 0.15) is 0 Å². The van der Waals surface area contributed by atoms with Crippen molar-refractivity contribution in [3.63, 3.8) is 0 Å². The lowest BCUT2D eigenvalue weighted by atomic mass is 9.94. The van der Waals surface area contributed by atoms with Crippen molar-refractivity contribution in [2.45, 2.75) is 44.6 Å². The smallest absolute Gasteiger partial charge is 0.258 e. The van der Waals surface area contributed by atoms with Gasteiger partial charge in [-0.15, -0.1) is 0 Å². The zero-order valence-corrected chi connectivity index (χ0v) is 18.0. The Bertz CT molecular complexity index is 1010. The predicted molar refractivity (Wildman–Crippen MR) is 115 cm³/mol. The fourth-order valence-corrected chi connectivity index (χ4v) is 6.41. The molecule has 2 aromatic rings. The molecule has 0 N–H and O–H groups in total. The van der Waals surface area contributed by atoms with Crippen LogP contribution in [0.25, 0.3) is 0 Å². The molecule has 2 heterocycles. The Hall–Kier alpha value is -2.18. The van der Waals surface area contributed by atoms with Crippen LogP contribution in [0.2, 0.25) is 0 Å². The summed E-state index contributed by atoms with van der Waals surface area (Å²) in [6, 6.07) is 14.4. The summed E-state index contributed by atoms with van der Waals surface area (Å²) in [5.74, 6) is 0.615. The molecule has 2 aromatic carbocycles. The first-order valence-electron chi connectivity index (χ1n) is 10.3. The van der Waals surface area contributed by atoms with E-state index in [1.165, 1.54) is 5.56 Å². The number of piperidine rings is 1. The van der Waals surface area contributed by atoms with E-state index >= 15 is 0 Å². The van der Waals surface area contributed by atoms with Crippen molar-refractivity contribution in [1.29, 1.82) is 0 Å². The van der Waals surface area contributed by atoms with Crippen LogP contribution in [0.5, 0.6) is 0 Å². The molecule has 0 spiro atoms. The van der Waals surface area contributed by atoms with Crippen molar-refractivity contribution in [1.82, 2.24) is 4.31 Å².